The molecule has 0 aliphatic heterocycles. The van der Waals surface area contributed by atoms with Crippen molar-refractivity contribution in [3.63, 3.8) is 0 Å². The predicted octanol–water partition coefficient (Wildman–Crippen LogP) is 4.86. The molecule has 1 heteroatoms. The Labute approximate surface area is 103 Å². The van der Waals surface area contributed by atoms with E-state index in [0.29, 0.717) is 0 Å². The van der Waals surface area contributed by atoms with Crippen LogP contribution in [0.4, 0.5) is 0 Å². The van der Waals surface area contributed by atoms with Crippen molar-refractivity contribution in [3.05, 3.63) is 48.2 Å². The number of aryl methyl sites for hydroxylation is 1. The number of unbranched alkanes of at least 4 members (excludes halogenated alkanes) is 1. The Morgan fingerprint density at radius 2 is 2.06 bits per heavy atom. The number of benzene rings is 1. The third-order valence-electron chi connectivity index (χ3n) is 3.12. The summed E-state index contributed by atoms with van der Waals surface area (Å²) in [5, 5.41) is 1.31. The van der Waals surface area contributed by atoms with Gasteiger partial charge in [-0.05, 0) is 31.1 Å². The second kappa shape index (κ2) is 5.05. The molecule has 1 heterocycles. The molecule has 0 atom stereocenters. The summed E-state index contributed by atoms with van der Waals surface area (Å²) < 4.78 is 2.16. The second-order valence-electron chi connectivity index (χ2n) is 4.27. The van der Waals surface area contributed by atoms with E-state index in [4.69, 9.17) is 0 Å². The van der Waals surface area contributed by atoms with Gasteiger partial charge in [0.2, 0.25) is 0 Å². The van der Waals surface area contributed by atoms with Gasteiger partial charge in [0, 0.05) is 17.3 Å². The van der Waals surface area contributed by atoms with Crippen LogP contribution in [-0.4, -0.2) is 4.57 Å². The van der Waals surface area contributed by atoms with Crippen LogP contribution in [0.25, 0.3) is 23.2 Å². The minimum absolute atomic E-state index is 1.12. The lowest BCUT2D eigenvalue weighted by Crippen LogP contribution is -1.88. The van der Waals surface area contributed by atoms with Crippen molar-refractivity contribution in [1.82, 2.24) is 4.57 Å². The van der Waals surface area contributed by atoms with E-state index in [1.165, 1.54) is 28.6 Å². The molecule has 0 radical (unpaired) electrons. The van der Waals surface area contributed by atoms with E-state index in [0.717, 1.165) is 6.42 Å². The molecule has 0 bridgehead atoms. The molecule has 0 amide bonds. The highest BCUT2D eigenvalue weighted by molar-refractivity contribution is 5.89. The Bertz CT molecular complexity index is 558. The predicted molar refractivity (Wildman–Crippen MR) is 77.0 cm³/mol. The molecular weight excluding hydrogens is 206 g/mol. The fourth-order valence-corrected chi connectivity index (χ4v) is 2.21. The molecule has 17 heavy (non-hydrogen) atoms. The number of rotatable bonds is 4. The lowest BCUT2D eigenvalue weighted by atomic mass is 10.1. The van der Waals surface area contributed by atoms with E-state index in [-0.39, 0.29) is 0 Å². The van der Waals surface area contributed by atoms with Crippen molar-refractivity contribution in [3.8, 4) is 0 Å². The van der Waals surface area contributed by atoms with Gasteiger partial charge in [0.25, 0.3) is 0 Å². The summed E-state index contributed by atoms with van der Waals surface area (Å²) in [6.07, 6.45) is 8.64. The lowest BCUT2D eigenvalue weighted by molar-refractivity contribution is 0.961. The first-order valence-corrected chi connectivity index (χ1v) is 6.18. The topological polar surface area (TPSA) is 4.93 Å². The summed E-state index contributed by atoms with van der Waals surface area (Å²) in [5.74, 6) is 0. The Balaban J connectivity index is 2.61. The van der Waals surface area contributed by atoms with E-state index in [1.54, 1.807) is 0 Å². The van der Waals surface area contributed by atoms with Crippen molar-refractivity contribution in [2.24, 2.45) is 0 Å². The van der Waals surface area contributed by atoms with Crippen LogP contribution in [0, 0.1) is 6.92 Å². The lowest BCUT2D eigenvalue weighted by Gasteiger charge is -2.01. The number of allylic oxidation sites excluding steroid dienone is 1. The van der Waals surface area contributed by atoms with Crippen LogP contribution in [0.5, 0.6) is 0 Å². The molecule has 2 rings (SSSR count). The number of hydrogen-bond donors (Lipinski definition) is 0. The summed E-state index contributed by atoms with van der Waals surface area (Å²) in [6.45, 7) is 8.28. The van der Waals surface area contributed by atoms with E-state index >= 15 is 0 Å². The maximum Gasteiger partial charge on any atom is 0.0531 e. The normalized spacial score (nSPS) is 11.4. The van der Waals surface area contributed by atoms with Crippen molar-refractivity contribution in [1.29, 1.82) is 0 Å². The molecule has 0 unspecified atom stereocenters. The molecular formula is C16H19N. The fourth-order valence-electron chi connectivity index (χ4n) is 2.21. The van der Waals surface area contributed by atoms with Gasteiger partial charge in [0.05, 0.1) is 5.52 Å². The minimum atomic E-state index is 1.12. The number of aromatic nitrogens is 1. The van der Waals surface area contributed by atoms with Gasteiger partial charge in [0.15, 0.2) is 0 Å². The third kappa shape index (κ3) is 2.05. The summed E-state index contributed by atoms with van der Waals surface area (Å²) in [7, 11) is 0. The molecule has 1 nitrogen and oxygen atoms in total. The van der Waals surface area contributed by atoms with E-state index in [1.807, 2.05) is 6.20 Å². The zero-order chi connectivity index (χ0) is 12.3. The number of nitrogens with zero attached hydrogens (tertiary/aromatic N) is 1. The fraction of sp³-hybridized carbons (Fsp3) is 0.250. The Kier molecular flexibility index (Phi) is 3.48. The van der Waals surface area contributed by atoms with Crippen molar-refractivity contribution in [2.45, 2.75) is 26.7 Å². The molecule has 0 N–H and O–H groups in total. The van der Waals surface area contributed by atoms with Crippen molar-refractivity contribution >= 4 is 23.2 Å². The molecule has 0 saturated carbocycles. The summed E-state index contributed by atoms with van der Waals surface area (Å²) in [6, 6.07) is 8.46. The van der Waals surface area contributed by atoms with Crippen molar-refractivity contribution < 1.29 is 0 Å². The zero-order valence-corrected chi connectivity index (χ0v) is 10.6. The van der Waals surface area contributed by atoms with Crippen LogP contribution in [0.2, 0.25) is 0 Å². The maximum atomic E-state index is 3.91. The molecule has 1 aromatic carbocycles. The van der Waals surface area contributed by atoms with Gasteiger partial charge in [0.1, 0.15) is 0 Å². The summed E-state index contributed by atoms with van der Waals surface area (Å²) in [4.78, 5) is 0. The maximum absolute atomic E-state index is 3.91. The molecule has 2 aromatic rings. The van der Waals surface area contributed by atoms with E-state index in [2.05, 4.69) is 61.4 Å². The van der Waals surface area contributed by atoms with Gasteiger partial charge < -0.3 is 4.57 Å². The van der Waals surface area contributed by atoms with Crippen LogP contribution >= 0.6 is 0 Å². The molecule has 0 saturated heterocycles. The van der Waals surface area contributed by atoms with Gasteiger partial charge >= 0.3 is 0 Å². The monoisotopic (exact) mass is 225 g/mol. The van der Waals surface area contributed by atoms with E-state index in [9.17, 15) is 0 Å². The molecule has 0 aliphatic rings. The van der Waals surface area contributed by atoms with Gasteiger partial charge in [-0.15, -0.1) is 0 Å². The average molecular weight is 225 g/mol. The third-order valence-corrected chi connectivity index (χ3v) is 3.12. The van der Waals surface area contributed by atoms with Gasteiger partial charge in [-0.25, -0.2) is 0 Å². The molecule has 1 aromatic heterocycles. The second-order valence-corrected chi connectivity index (χ2v) is 4.27. The number of hydrogen-bond acceptors (Lipinski definition) is 0. The van der Waals surface area contributed by atoms with Gasteiger partial charge in [-0.2, -0.15) is 0 Å². The first-order chi connectivity index (χ1) is 8.29. The SMILES string of the molecule is C=Cn1c(/C=C\CCC)c(C)c2ccccc21. The molecule has 0 fully saturated rings. The quantitative estimate of drug-likeness (QED) is 0.700. The van der Waals surface area contributed by atoms with E-state index < -0.39 is 0 Å². The van der Waals surface area contributed by atoms with Crippen molar-refractivity contribution in [2.75, 3.05) is 0 Å². The van der Waals surface area contributed by atoms with Crippen LogP contribution in [0.1, 0.15) is 31.0 Å². The number of fused-ring (bicyclic) bond motifs is 1. The molecule has 0 aliphatic carbocycles. The molecule has 88 valence electrons. The number of para-hydroxylation sites is 1. The summed E-state index contributed by atoms with van der Waals surface area (Å²) >= 11 is 0. The van der Waals surface area contributed by atoms with Crippen LogP contribution in [0.3, 0.4) is 0 Å². The van der Waals surface area contributed by atoms with Crippen LogP contribution < -0.4 is 0 Å². The largest absolute Gasteiger partial charge is 0.317 e. The average Bonchev–Trinajstić information content (AvgIpc) is 2.63. The smallest absolute Gasteiger partial charge is 0.0531 e. The highest BCUT2D eigenvalue weighted by Crippen LogP contribution is 2.26. The van der Waals surface area contributed by atoms with Crippen LogP contribution in [0.15, 0.2) is 36.9 Å². The highest BCUT2D eigenvalue weighted by atomic mass is 15.0. The Morgan fingerprint density at radius 3 is 2.76 bits per heavy atom. The Hall–Kier alpha value is -1.76. The Morgan fingerprint density at radius 1 is 1.29 bits per heavy atom. The first-order valence-electron chi connectivity index (χ1n) is 6.18. The van der Waals surface area contributed by atoms with Crippen LogP contribution in [-0.2, 0) is 0 Å². The molecule has 0 spiro atoms. The first kappa shape index (κ1) is 11.7. The standard InChI is InChI=1S/C16H19N/c1-4-6-7-11-15-13(3)14-10-8-9-12-16(14)17(15)5-2/h5,7-12H,2,4,6H2,1,3H3/b11-7-. The van der Waals surface area contributed by atoms with Gasteiger partial charge in [-0.3, -0.25) is 0 Å². The highest BCUT2D eigenvalue weighted by Gasteiger charge is 2.08. The summed E-state index contributed by atoms with van der Waals surface area (Å²) in [5.41, 5.74) is 3.80. The zero-order valence-electron chi connectivity index (χ0n) is 10.6. The minimum Gasteiger partial charge on any atom is -0.317 e. The van der Waals surface area contributed by atoms with Gasteiger partial charge in [-0.1, -0.05) is 44.2 Å².